The van der Waals surface area contributed by atoms with E-state index in [1.54, 1.807) is 24.6 Å². The fourth-order valence-electron chi connectivity index (χ4n) is 1.84. The van der Waals surface area contributed by atoms with E-state index >= 15 is 0 Å². The Morgan fingerprint density at radius 3 is 2.76 bits per heavy atom. The van der Waals surface area contributed by atoms with Crippen LogP contribution < -0.4 is 10.1 Å². The molecule has 2 heterocycles. The maximum atomic E-state index is 5.34. The standard InChI is InChI=1S/C11H16N4OS/c1-7-13-6-9(17-7)10(12-2)11-8(16-4)5-14-15(11)3/h5-6,10,12H,1-4H3. The Morgan fingerprint density at radius 1 is 1.47 bits per heavy atom. The Balaban J connectivity index is 2.44. The molecule has 0 aliphatic rings. The van der Waals surface area contributed by atoms with E-state index in [2.05, 4.69) is 15.4 Å². The van der Waals surface area contributed by atoms with Crippen molar-refractivity contribution < 1.29 is 4.74 Å². The molecule has 0 saturated heterocycles. The van der Waals surface area contributed by atoms with E-state index in [0.29, 0.717) is 0 Å². The van der Waals surface area contributed by atoms with Crippen LogP contribution in [0.1, 0.15) is 21.6 Å². The van der Waals surface area contributed by atoms with Crippen LogP contribution in [0.3, 0.4) is 0 Å². The predicted molar refractivity (Wildman–Crippen MR) is 67.5 cm³/mol. The molecule has 2 aromatic rings. The van der Waals surface area contributed by atoms with Crippen LogP contribution in [-0.2, 0) is 7.05 Å². The first kappa shape index (κ1) is 12.1. The summed E-state index contributed by atoms with van der Waals surface area (Å²) in [6.07, 6.45) is 3.63. The van der Waals surface area contributed by atoms with Crippen molar-refractivity contribution >= 4 is 11.3 Å². The van der Waals surface area contributed by atoms with E-state index in [9.17, 15) is 0 Å². The van der Waals surface area contributed by atoms with E-state index in [-0.39, 0.29) is 6.04 Å². The fourth-order valence-corrected chi connectivity index (χ4v) is 2.74. The third-order valence-electron chi connectivity index (χ3n) is 2.65. The predicted octanol–water partition coefficient (Wildman–Crippen LogP) is 1.50. The minimum atomic E-state index is 0.0589. The Labute approximate surface area is 104 Å². The number of aryl methyl sites for hydroxylation is 2. The zero-order chi connectivity index (χ0) is 12.4. The summed E-state index contributed by atoms with van der Waals surface area (Å²) >= 11 is 1.68. The molecular weight excluding hydrogens is 236 g/mol. The molecule has 0 amide bonds. The lowest BCUT2D eigenvalue weighted by Crippen LogP contribution is -2.20. The van der Waals surface area contributed by atoms with Crippen molar-refractivity contribution in [2.24, 2.45) is 7.05 Å². The highest BCUT2D eigenvalue weighted by Gasteiger charge is 2.22. The summed E-state index contributed by atoms with van der Waals surface area (Å²) in [5.41, 5.74) is 1.01. The van der Waals surface area contributed by atoms with Crippen molar-refractivity contribution in [1.82, 2.24) is 20.1 Å². The first-order valence-corrected chi connectivity index (χ1v) is 6.14. The number of rotatable bonds is 4. The van der Waals surface area contributed by atoms with Gasteiger partial charge in [-0.15, -0.1) is 11.3 Å². The highest BCUT2D eigenvalue weighted by atomic mass is 32.1. The van der Waals surface area contributed by atoms with Gasteiger partial charge in [-0.25, -0.2) is 4.98 Å². The Hall–Kier alpha value is -1.40. The average molecular weight is 252 g/mol. The lowest BCUT2D eigenvalue weighted by atomic mass is 10.1. The summed E-state index contributed by atoms with van der Waals surface area (Å²) in [7, 11) is 5.49. The van der Waals surface area contributed by atoms with Crippen molar-refractivity contribution in [1.29, 1.82) is 0 Å². The normalized spacial score (nSPS) is 12.7. The molecule has 0 aliphatic carbocycles. The number of nitrogens with one attached hydrogen (secondary N) is 1. The van der Waals surface area contributed by atoms with Crippen LogP contribution in [0.25, 0.3) is 0 Å². The van der Waals surface area contributed by atoms with Crippen molar-refractivity contribution in [2.45, 2.75) is 13.0 Å². The number of nitrogens with zero attached hydrogens (tertiary/aromatic N) is 3. The van der Waals surface area contributed by atoms with Gasteiger partial charge < -0.3 is 10.1 Å². The summed E-state index contributed by atoms with van der Waals surface area (Å²) in [6, 6.07) is 0.0589. The minimum Gasteiger partial charge on any atom is -0.493 e. The molecular formula is C11H16N4OS. The molecule has 5 nitrogen and oxygen atoms in total. The van der Waals surface area contributed by atoms with Gasteiger partial charge in [0.25, 0.3) is 0 Å². The van der Waals surface area contributed by atoms with Gasteiger partial charge in [0.1, 0.15) is 5.69 Å². The zero-order valence-corrected chi connectivity index (χ0v) is 11.2. The van der Waals surface area contributed by atoms with E-state index in [1.807, 2.05) is 31.9 Å². The molecule has 1 N–H and O–H groups in total. The number of methoxy groups -OCH3 is 1. The molecule has 0 aliphatic heterocycles. The van der Waals surface area contributed by atoms with Crippen LogP contribution in [-0.4, -0.2) is 28.9 Å². The molecule has 0 fully saturated rings. The lowest BCUT2D eigenvalue weighted by molar-refractivity contribution is 0.403. The topological polar surface area (TPSA) is 52.0 Å². The van der Waals surface area contributed by atoms with E-state index < -0.39 is 0 Å². The molecule has 1 unspecified atom stereocenters. The Kier molecular flexibility index (Phi) is 3.44. The van der Waals surface area contributed by atoms with Crippen molar-refractivity contribution in [3.8, 4) is 5.75 Å². The summed E-state index contributed by atoms with van der Waals surface area (Å²) in [5.74, 6) is 0.790. The van der Waals surface area contributed by atoms with Crippen LogP contribution in [0.4, 0.5) is 0 Å². The summed E-state index contributed by atoms with van der Waals surface area (Å²) in [5, 5.41) is 8.56. The quantitative estimate of drug-likeness (QED) is 0.896. The molecule has 0 bridgehead atoms. The van der Waals surface area contributed by atoms with E-state index in [0.717, 1.165) is 21.3 Å². The maximum Gasteiger partial charge on any atom is 0.161 e. The van der Waals surface area contributed by atoms with Gasteiger partial charge in [0.15, 0.2) is 5.75 Å². The van der Waals surface area contributed by atoms with E-state index in [4.69, 9.17) is 4.74 Å². The molecule has 6 heteroatoms. The molecule has 0 saturated carbocycles. The highest BCUT2D eigenvalue weighted by Crippen LogP contribution is 2.31. The second-order valence-electron chi connectivity index (χ2n) is 3.73. The monoisotopic (exact) mass is 252 g/mol. The smallest absolute Gasteiger partial charge is 0.161 e. The summed E-state index contributed by atoms with van der Waals surface area (Å²) < 4.78 is 7.17. The SMILES string of the molecule is CNC(c1cnc(C)s1)c1c(OC)cnn1C. The lowest BCUT2D eigenvalue weighted by Gasteiger charge is -2.16. The molecule has 92 valence electrons. The summed E-state index contributed by atoms with van der Waals surface area (Å²) in [4.78, 5) is 5.45. The highest BCUT2D eigenvalue weighted by molar-refractivity contribution is 7.11. The van der Waals surface area contributed by atoms with Gasteiger partial charge in [-0.3, -0.25) is 4.68 Å². The van der Waals surface area contributed by atoms with Crippen LogP contribution in [0.2, 0.25) is 0 Å². The molecule has 2 rings (SSSR count). The molecule has 0 aromatic carbocycles. The minimum absolute atomic E-state index is 0.0589. The van der Waals surface area contributed by atoms with Gasteiger partial charge in [0.05, 0.1) is 24.4 Å². The first-order valence-electron chi connectivity index (χ1n) is 5.32. The molecule has 0 radical (unpaired) electrons. The second-order valence-corrected chi connectivity index (χ2v) is 4.99. The third kappa shape index (κ3) is 2.18. The first-order chi connectivity index (χ1) is 8.17. The molecule has 1 atom stereocenters. The summed E-state index contributed by atoms with van der Waals surface area (Å²) in [6.45, 7) is 2.00. The van der Waals surface area contributed by atoms with E-state index in [1.165, 1.54) is 0 Å². The Bertz CT molecular complexity index is 505. The fraction of sp³-hybridized carbons (Fsp3) is 0.455. The van der Waals surface area contributed by atoms with Crippen molar-refractivity contribution in [3.63, 3.8) is 0 Å². The van der Waals surface area contributed by atoms with Gasteiger partial charge in [0.2, 0.25) is 0 Å². The molecule has 0 spiro atoms. The van der Waals surface area contributed by atoms with Crippen LogP contribution >= 0.6 is 11.3 Å². The largest absolute Gasteiger partial charge is 0.493 e. The third-order valence-corrected chi connectivity index (χ3v) is 3.63. The van der Waals surface area contributed by atoms with Crippen LogP contribution in [0, 0.1) is 6.92 Å². The van der Waals surface area contributed by atoms with Crippen molar-refractivity contribution in [3.05, 3.63) is 28.0 Å². The van der Waals surface area contributed by atoms with Gasteiger partial charge in [-0.2, -0.15) is 5.10 Å². The van der Waals surface area contributed by atoms with Gasteiger partial charge in [0, 0.05) is 18.1 Å². The molecule has 2 aromatic heterocycles. The van der Waals surface area contributed by atoms with Crippen LogP contribution in [0.5, 0.6) is 5.75 Å². The Morgan fingerprint density at radius 2 is 2.24 bits per heavy atom. The number of aromatic nitrogens is 3. The second kappa shape index (κ2) is 4.85. The number of ether oxygens (including phenoxy) is 1. The number of hydrogen-bond donors (Lipinski definition) is 1. The number of thiazole rings is 1. The molecule has 17 heavy (non-hydrogen) atoms. The maximum absolute atomic E-state index is 5.34. The zero-order valence-electron chi connectivity index (χ0n) is 10.4. The number of hydrogen-bond acceptors (Lipinski definition) is 5. The van der Waals surface area contributed by atoms with Gasteiger partial charge >= 0.3 is 0 Å². The van der Waals surface area contributed by atoms with Crippen LogP contribution in [0.15, 0.2) is 12.4 Å². The van der Waals surface area contributed by atoms with Gasteiger partial charge in [-0.05, 0) is 14.0 Å². The van der Waals surface area contributed by atoms with Gasteiger partial charge in [-0.1, -0.05) is 0 Å². The van der Waals surface area contributed by atoms with Crippen molar-refractivity contribution in [2.75, 3.05) is 14.2 Å². The average Bonchev–Trinajstić information content (AvgIpc) is 2.89.